The summed E-state index contributed by atoms with van der Waals surface area (Å²) >= 11 is 0. The quantitative estimate of drug-likeness (QED) is 0.674. The second-order valence-electron chi connectivity index (χ2n) is 5.34. The minimum atomic E-state index is -3.80. The average molecular weight is 294 g/mol. The fourth-order valence-corrected chi connectivity index (χ4v) is 3.95. The lowest BCUT2D eigenvalue weighted by atomic mass is 9.77. The molecule has 0 aromatic heterocycles. The van der Waals surface area contributed by atoms with Gasteiger partial charge in [-0.25, -0.2) is 0 Å². The van der Waals surface area contributed by atoms with Crippen LogP contribution >= 0.6 is 0 Å². The molecule has 112 valence electrons. The molecule has 0 bridgehead atoms. The summed E-state index contributed by atoms with van der Waals surface area (Å²) in [5.41, 5.74) is -0.583. The van der Waals surface area contributed by atoms with Crippen molar-refractivity contribution in [1.82, 2.24) is 9.03 Å². The lowest BCUT2D eigenvalue weighted by Crippen LogP contribution is -2.58. The van der Waals surface area contributed by atoms with Crippen molar-refractivity contribution in [3.63, 3.8) is 0 Å². The van der Waals surface area contributed by atoms with Gasteiger partial charge < -0.3 is 9.84 Å². The van der Waals surface area contributed by atoms with E-state index >= 15 is 0 Å². The van der Waals surface area contributed by atoms with Gasteiger partial charge in [-0.3, -0.25) is 4.79 Å². The summed E-state index contributed by atoms with van der Waals surface area (Å²) in [6.45, 7) is 4.16. The molecule has 1 unspecified atom stereocenters. The molecule has 0 saturated carbocycles. The van der Waals surface area contributed by atoms with Crippen molar-refractivity contribution < 1.29 is 23.1 Å². The van der Waals surface area contributed by atoms with Crippen molar-refractivity contribution >= 4 is 16.2 Å². The number of nitrogens with zero attached hydrogens (tertiary/aromatic N) is 1. The maximum atomic E-state index is 12.2. The second kappa shape index (κ2) is 6.17. The standard InChI is InChI=1S/C11H22N2O5S/c1-11(2)5-4-7-13(9(11)10(14)15)19(16,17)12-6-8-18-3/h9,12H,4-8H2,1-3H3,(H,14,15). The number of carboxylic acid groups (broad SMARTS) is 1. The molecule has 1 fully saturated rings. The number of rotatable bonds is 6. The zero-order chi connectivity index (χ0) is 14.7. The van der Waals surface area contributed by atoms with Gasteiger partial charge in [0, 0.05) is 20.2 Å². The van der Waals surface area contributed by atoms with Crippen LogP contribution < -0.4 is 4.72 Å². The molecule has 0 amide bonds. The number of hydrogen-bond donors (Lipinski definition) is 2. The fourth-order valence-electron chi connectivity index (χ4n) is 2.42. The van der Waals surface area contributed by atoms with Gasteiger partial charge in [-0.2, -0.15) is 17.4 Å². The minimum absolute atomic E-state index is 0.127. The zero-order valence-electron chi connectivity index (χ0n) is 11.5. The number of carboxylic acids is 1. The summed E-state index contributed by atoms with van der Waals surface area (Å²) in [6, 6.07) is -1.04. The predicted molar refractivity (Wildman–Crippen MR) is 69.9 cm³/mol. The van der Waals surface area contributed by atoms with Gasteiger partial charge >= 0.3 is 5.97 Å². The number of ether oxygens (including phenoxy) is 1. The monoisotopic (exact) mass is 294 g/mol. The number of aliphatic carboxylic acids is 1. The van der Waals surface area contributed by atoms with Crippen LogP contribution in [0.3, 0.4) is 0 Å². The minimum Gasteiger partial charge on any atom is -0.480 e. The molecular formula is C11H22N2O5S. The van der Waals surface area contributed by atoms with Gasteiger partial charge in [-0.15, -0.1) is 0 Å². The molecule has 0 spiro atoms. The van der Waals surface area contributed by atoms with Crippen molar-refractivity contribution in [1.29, 1.82) is 0 Å². The van der Waals surface area contributed by atoms with Crippen LogP contribution in [0.25, 0.3) is 0 Å². The average Bonchev–Trinajstić information content (AvgIpc) is 2.27. The van der Waals surface area contributed by atoms with Crippen LogP contribution in [0.15, 0.2) is 0 Å². The smallest absolute Gasteiger partial charge is 0.322 e. The predicted octanol–water partition coefficient (Wildman–Crippen LogP) is 0.0424. The third kappa shape index (κ3) is 3.88. The van der Waals surface area contributed by atoms with Gasteiger partial charge in [-0.1, -0.05) is 13.8 Å². The molecule has 0 aromatic rings. The summed E-state index contributed by atoms with van der Waals surface area (Å²) < 4.78 is 32.5. The molecular weight excluding hydrogens is 272 g/mol. The highest BCUT2D eigenvalue weighted by atomic mass is 32.2. The molecule has 1 saturated heterocycles. The van der Waals surface area contributed by atoms with Gasteiger partial charge in [0.05, 0.1) is 6.61 Å². The van der Waals surface area contributed by atoms with Crippen molar-refractivity contribution in [2.75, 3.05) is 26.8 Å². The summed E-state index contributed by atoms with van der Waals surface area (Å²) in [5, 5.41) is 9.32. The van der Waals surface area contributed by atoms with Crippen molar-refractivity contribution in [3.05, 3.63) is 0 Å². The first-order valence-corrected chi connectivity index (χ1v) is 7.64. The summed E-state index contributed by atoms with van der Waals surface area (Å²) in [4.78, 5) is 11.4. The third-order valence-corrected chi connectivity index (χ3v) is 4.94. The largest absolute Gasteiger partial charge is 0.480 e. The second-order valence-corrected chi connectivity index (χ2v) is 7.04. The van der Waals surface area contributed by atoms with Gasteiger partial charge in [-0.05, 0) is 18.3 Å². The third-order valence-electron chi connectivity index (χ3n) is 3.36. The maximum Gasteiger partial charge on any atom is 0.322 e. The van der Waals surface area contributed by atoms with Crippen molar-refractivity contribution in [2.24, 2.45) is 5.41 Å². The van der Waals surface area contributed by atoms with Gasteiger partial charge in [0.2, 0.25) is 0 Å². The summed E-state index contributed by atoms with van der Waals surface area (Å²) in [6.07, 6.45) is 1.34. The zero-order valence-corrected chi connectivity index (χ0v) is 12.4. The van der Waals surface area contributed by atoms with E-state index in [1.54, 1.807) is 13.8 Å². The molecule has 7 nitrogen and oxygen atoms in total. The number of carbonyl (C=O) groups is 1. The van der Waals surface area contributed by atoms with Crippen LogP contribution in [0.4, 0.5) is 0 Å². The van der Waals surface area contributed by atoms with E-state index in [9.17, 15) is 18.3 Å². The molecule has 8 heteroatoms. The number of piperidine rings is 1. The van der Waals surface area contributed by atoms with Crippen molar-refractivity contribution in [2.45, 2.75) is 32.7 Å². The van der Waals surface area contributed by atoms with Crippen LogP contribution in [0.1, 0.15) is 26.7 Å². The Morgan fingerprint density at radius 3 is 2.68 bits per heavy atom. The Kier molecular flexibility index (Phi) is 5.31. The Morgan fingerprint density at radius 2 is 2.16 bits per heavy atom. The molecule has 1 heterocycles. The molecule has 1 atom stereocenters. The lowest BCUT2D eigenvalue weighted by molar-refractivity contribution is -0.147. The first-order chi connectivity index (χ1) is 8.72. The highest BCUT2D eigenvalue weighted by Crippen LogP contribution is 2.36. The number of hydrogen-bond acceptors (Lipinski definition) is 4. The highest BCUT2D eigenvalue weighted by molar-refractivity contribution is 7.87. The SMILES string of the molecule is COCCNS(=O)(=O)N1CCCC(C)(C)C1C(=O)O. The Morgan fingerprint density at radius 1 is 1.53 bits per heavy atom. The Bertz CT molecular complexity index is 421. The molecule has 0 radical (unpaired) electrons. The molecule has 0 aliphatic carbocycles. The van der Waals surface area contributed by atoms with Gasteiger partial charge in [0.15, 0.2) is 0 Å². The van der Waals surface area contributed by atoms with E-state index in [4.69, 9.17) is 4.74 Å². The lowest BCUT2D eigenvalue weighted by Gasteiger charge is -2.42. The molecule has 19 heavy (non-hydrogen) atoms. The van der Waals surface area contributed by atoms with Crippen molar-refractivity contribution in [3.8, 4) is 0 Å². The first-order valence-electron chi connectivity index (χ1n) is 6.20. The van der Waals surface area contributed by atoms with E-state index in [0.29, 0.717) is 12.8 Å². The van der Waals surface area contributed by atoms with Crippen LogP contribution in [0, 0.1) is 5.41 Å². The number of nitrogens with one attached hydrogen (secondary N) is 1. The molecule has 0 aromatic carbocycles. The van der Waals surface area contributed by atoms with E-state index in [2.05, 4.69) is 4.72 Å². The molecule has 1 aliphatic rings. The van der Waals surface area contributed by atoms with E-state index in [1.807, 2.05) is 0 Å². The molecule has 2 N–H and O–H groups in total. The van der Waals surface area contributed by atoms with E-state index in [1.165, 1.54) is 7.11 Å². The number of methoxy groups -OCH3 is 1. The van der Waals surface area contributed by atoms with E-state index in [0.717, 1.165) is 4.31 Å². The maximum absolute atomic E-state index is 12.2. The molecule has 1 aliphatic heterocycles. The normalized spacial score (nSPS) is 24.3. The van der Waals surface area contributed by atoms with Crippen LogP contribution in [-0.2, 0) is 19.7 Å². The summed E-state index contributed by atoms with van der Waals surface area (Å²) in [7, 11) is -2.33. The Labute approximate surface area is 114 Å². The molecule has 1 rings (SSSR count). The Hall–Kier alpha value is -0.700. The topological polar surface area (TPSA) is 95.9 Å². The van der Waals surface area contributed by atoms with Gasteiger partial charge in [0.1, 0.15) is 6.04 Å². The highest BCUT2D eigenvalue weighted by Gasteiger charge is 2.47. The fraction of sp³-hybridized carbons (Fsp3) is 0.909. The van der Waals surface area contributed by atoms with E-state index in [-0.39, 0.29) is 19.7 Å². The van der Waals surface area contributed by atoms with Crippen LogP contribution in [0.2, 0.25) is 0 Å². The summed E-state index contributed by atoms with van der Waals surface area (Å²) in [5.74, 6) is -1.11. The van der Waals surface area contributed by atoms with E-state index < -0.39 is 27.6 Å². The Balaban J connectivity index is 2.92. The van der Waals surface area contributed by atoms with Crippen LogP contribution in [-0.4, -0.2) is 56.6 Å². The van der Waals surface area contributed by atoms with Crippen LogP contribution in [0.5, 0.6) is 0 Å². The first kappa shape index (κ1) is 16.4. The van der Waals surface area contributed by atoms with Gasteiger partial charge in [0.25, 0.3) is 10.2 Å².